The minimum absolute atomic E-state index is 0.188. The molecule has 0 unspecified atom stereocenters. The van der Waals surface area contributed by atoms with Gasteiger partial charge in [-0.2, -0.15) is 0 Å². The maximum atomic E-state index is 11.7. The van der Waals surface area contributed by atoms with E-state index in [9.17, 15) is 9.59 Å². The number of carboxylic acid groups (broad SMARTS) is 1. The molecule has 0 aliphatic heterocycles. The SMILES string of the molecule is O=C(O)CSc1n[nH]c(=O)n1-c1ccc(I)cc1Cl. The van der Waals surface area contributed by atoms with Crippen LogP contribution in [0.25, 0.3) is 5.69 Å². The molecule has 0 bridgehead atoms. The summed E-state index contributed by atoms with van der Waals surface area (Å²) < 4.78 is 2.19. The summed E-state index contributed by atoms with van der Waals surface area (Å²) in [6.45, 7) is 0. The van der Waals surface area contributed by atoms with Crippen LogP contribution in [0.15, 0.2) is 28.2 Å². The highest BCUT2D eigenvalue weighted by atomic mass is 127. The number of rotatable bonds is 4. The quantitative estimate of drug-likeness (QED) is 0.593. The zero-order chi connectivity index (χ0) is 14.0. The van der Waals surface area contributed by atoms with Gasteiger partial charge in [0.1, 0.15) is 0 Å². The van der Waals surface area contributed by atoms with Crippen molar-refractivity contribution < 1.29 is 9.90 Å². The highest BCUT2D eigenvalue weighted by Gasteiger charge is 2.15. The molecule has 2 rings (SSSR count). The molecule has 0 atom stereocenters. The summed E-state index contributed by atoms with van der Waals surface area (Å²) >= 11 is 9.14. The Balaban J connectivity index is 2.46. The van der Waals surface area contributed by atoms with Crippen LogP contribution in [0.4, 0.5) is 0 Å². The predicted molar refractivity (Wildman–Crippen MR) is 80.3 cm³/mol. The summed E-state index contributed by atoms with van der Waals surface area (Å²) in [7, 11) is 0. The molecule has 0 fully saturated rings. The van der Waals surface area contributed by atoms with Gasteiger partial charge in [-0.3, -0.25) is 4.79 Å². The summed E-state index contributed by atoms with van der Waals surface area (Å²) in [5.74, 6) is -1.17. The Labute approximate surface area is 130 Å². The third kappa shape index (κ3) is 3.31. The van der Waals surface area contributed by atoms with E-state index in [2.05, 4.69) is 32.8 Å². The third-order valence-corrected chi connectivity index (χ3v) is 4.01. The number of benzene rings is 1. The summed E-state index contributed by atoms with van der Waals surface area (Å²) in [6.07, 6.45) is 0. The number of aromatic amines is 1. The first-order valence-corrected chi connectivity index (χ1v) is 7.40. The number of hydrogen-bond acceptors (Lipinski definition) is 4. The predicted octanol–water partition coefficient (Wildman–Crippen LogP) is 2.00. The van der Waals surface area contributed by atoms with Crippen molar-refractivity contribution in [2.24, 2.45) is 0 Å². The monoisotopic (exact) mass is 411 g/mol. The number of halogens is 2. The largest absolute Gasteiger partial charge is 0.481 e. The molecule has 2 N–H and O–H groups in total. The first-order valence-electron chi connectivity index (χ1n) is 4.96. The second-order valence-electron chi connectivity index (χ2n) is 3.42. The minimum Gasteiger partial charge on any atom is -0.481 e. The van der Waals surface area contributed by atoms with Crippen molar-refractivity contribution in [2.75, 3.05) is 5.75 Å². The Morgan fingerprint density at radius 2 is 2.32 bits per heavy atom. The molecule has 1 heterocycles. The second kappa shape index (κ2) is 5.97. The Kier molecular flexibility index (Phi) is 4.53. The Hall–Kier alpha value is -1.000. The molecule has 6 nitrogen and oxygen atoms in total. The number of hydrogen-bond donors (Lipinski definition) is 2. The van der Waals surface area contributed by atoms with Gasteiger partial charge in [0.2, 0.25) is 0 Å². The maximum Gasteiger partial charge on any atom is 0.348 e. The fourth-order valence-corrected chi connectivity index (χ4v) is 2.99. The van der Waals surface area contributed by atoms with Crippen molar-refractivity contribution in [1.29, 1.82) is 0 Å². The first kappa shape index (κ1) is 14.4. The van der Waals surface area contributed by atoms with Gasteiger partial charge in [0, 0.05) is 3.57 Å². The van der Waals surface area contributed by atoms with Gasteiger partial charge in [0.15, 0.2) is 5.16 Å². The van der Waals surface area contributed by atoms with Crippen LogP contribution in [0.2, 0.25) is 5.02 Å². The number of thioether (sulfide) groups is 1. The van der Waals surface area contributed by atoms with Crippen LogP contribution in [0.5, 0.6) is 0 Å². The number of carbonyl (C=O) groups is 1. The van der Waals surface area contributed by atoms with Gasteiger partial charge in [0.05, 0.1) is 16.5 Å². The maximum absolute atomic E-state index is 11.7. The molecule has 0 aliphatic rings. The fraction of sp³-hybridized carbons (Fsp3) is 0.100. The number of carboxylic acids is 1. The molecule has 1 aromatic heterocycles. The number of nitrogens with zero attached hydrogens (tertiary/aromatic N) is 2. The molecule has 0 saturated heterocycles. The molecule has 0 aliphatic carbocycles. The molecule has 19 heavy (non-hydrogen) atoms. The van der Waals surface area contributed by atoms with Crippen molar-refractivity contribution in [3.63, 3.8) is 0 Å². The van der Waals surface area contributed by atoms with Gasteiger partial charge >= 0.3 is 11.7 Å². The van der Waals surface area contributed by atoms with Gasteiger partial charge < -0.3 is 5.11 Å². The Morgan fingerprint density at radius 1 is 1.58 bits per heavy atom. The van der Waals surface area contributed by atoms with E-state index in [1.165, 1.54) is 4.57 Å². The zero-order valence-electron chi connectivity index (χ0n) is 9.26. The van der Waals surface area contributed by atoms with Gasteiger partial charge in [0.25, 0.3) is 0 Å². The lowest BCUT2D eigenvalue weighted by molar-refractivity contribution is -0.133. The smallest absolute Gasteiger partial charge is 0.348 e. The van der Waals surface area contributed by atoms with Crippen molar-refractivity contribution in [3.8, 4) is 5.69 Å². The molecule has 0 saturated carbocycles. The van der Waals surface area contributed by atoms with E-state index in [4.69, 9.17) is 16.7 Å². The molecular formula is C10H7ClIN3O3S. The van der Waals surface area contributed by atoms with Crippen LogP contribution >= 0.6 is 46.0 Å². The highest BCUT2D eigenvalue weighted by molar-refractivity contribution is 14.1. The fourth-order valence-electron chi connectivity index (χ4n) is 1.38. The molecule has 2 aromatic rings. The van der Waals surface area contributed by atoms with Crippen LogP contribution < -0.4 is 5.69 Å². The van der Waals surface area contributed by atoms with Crippen LogP contribution in [0, 0.1) is 3.57 Å². The molecular weight excluding hydrogens is 405 g/mol. The summed E-state index contributed by atoms with van der Waals surface area (Å²) in [6, 6.07) is 5.20. The van der Waals surface area contributed by atoms with Crippen LogP contribution in [-0.4, -0.2) is 31.6 Å². The van der Waals surface area contributed by atoms with E-state index in [1.54, 1.807) is 18.2 Å². The van der Waals surface area contributed by atoms with Crippen LogP contribution in [0.1, 0.15) is 0 Å². The topological polar surface area (TPSA) is 88.0 Å². The molecule has 0 amide bonds. The standard InChI is InChI=1S/C10H7ClIN3O3S/c11-6-3-5(12)1-2-7(6)15-9(18)13-14-10(15)19-4-8(16)17/h1-3H,4H2,(H,13,18)(H,16,17). The lowest BCUT2D eigenvalue weighted by Gasteiger charge is -2.07. The van der Waals surface area contributed by atoms with E-state index in [0.717, 1.165) is 15.3 Å². The normalized spacial score (nSPS) is 10.6. The Bertz CT molecular complexity index is 685. The number of H-pyrrole nitrogens is 1. The van der Waals surface area contributed by atoms with Crippen molar-refractivity contribution in [2.45, 2.75) is 5.16 Å². The van der Waals surface area contributed by atoms with E-state index in [1.807, 2.05) is 0 Å². The van der Waals surface area contributed by atoms with Crippen molar-refractivity contribution in [1.82, 2.24) is 14.8 Å². The van der Waals surface area contributed by atoms with E-state index < -0.39 is 11.7 Å². The lowest BCUT2D eigenvalue weighted by Crippen LogP contribution is -2.16. The van der Waals surface area contributed by atoms with Crippen molar-refractivity contribution in [3.05, 3.63) is 37.3 Å². The Morgan fingerprint density at radius 3 is 2.95 bits per heavy atom. The molecule has 0 spiro atoms. The van der Waals surface area contributed by atoms with E-state index >= 15 is 0 Å². The van der Waals surface area contributed by atoms with Gasteiger partial charge in [-0.1, -0.05) is 23.4 Å². The van der Waals surface area contributed by atoms with Gasteiger partial charge in [-0.25, -0.2) is 14.5 Å². The van der Waals surface area contributed by atoms with Crippen LogP contribution in [-0.2, 0) is 4.79 Å². The van der Waals surface area contributed by atoms with Crippen molar-refractivity contribution >= 4 is 51.9 Å². The number of aromatic nitrogens is 3. The lowest BCUT2D eigenvalue weighted by atomic mass is 10.3. The van der Waals surface area contributed by atoms with Gasteiger partial charge in [-0.05, 0) is 40.8 Å². The van der Waals surface area contributed by atoms with Gasteiger partial charge in [-0.15, -0.1) is 5.10 Å². The highest BCUT2D eigenvalue weighted by Crippen LogP contribution is 2.25. The van der Waals surface area contributed by atoms with E-state index in [-0.39, 0.29) is 10.9 Å². The first-order chi connectivity index (χ1) is 8.99. The minimum atomic E-state index is -0.985. The zero-order valence-corrected chi connectivity index (χ0v) is 13.0. The molecule has 1 aromatic carbocycles. The molecule has 0 radical (unpaired) electrons. The summed E-state index contributed by atoms with van der Waals surface area (Å²) in [5.41, 5.74) is 0.00437. The summed E-state index contributed by atoms with van der Waals surface area (Å²) in [4.78, 5) is 22.3. The molecule has 9 heteroatoms. The third-order valence-electron chi connectivity index (χ3n) is 2.12. The van der Waals surface area contributed by atoms with Crippen LogP contribution in [0.3, 0.4) is 0 Å². The summed E-state index contributed by atoms with van der Waals surface area (Å²) in [5, 5.41) is 15.4. The second-order valence-corrected chi connectivity index (χ2v) is 6.02. The van der Waals surface area contributed by atoms with E-state index in [0.29, 0.717) is 10.7 Å². The number of nitrogens with one attached hydrogen (secondary N) is 1. The number of aliphatic carboxylic acids is 1. The average Bonchev–Trinajstić information content (AvgIpc) is 2.68. The average molecular weight is 412 g/mol. The molecule has 100 valence electrons.